The average molecular weight is 463 g/mol. The van der Waals surface area contributed by atoms with Gasteiger partial charge in [-0.25, -0.2) is 9.37 Å². The lowest BCUT2D eigenvalue weighted by Crippen LogP contribution is -2.25. The van der Waals surface area contributed by atoms with Crippen LogP contribution in [0.5, 0.6) is 0 Å². The fourth-order valence-corrected chi connectivity index (χ4v) is 3.95. The molecule has 1 aromatic carbocycles. The number of benzene rings is 1. The summed E-state index contributed by atoms with van der Waals surface area (Å²) >= 11 is 5.92. The minimum Gasteiger partial charge on any atom is -0.322 e. The van der Waals surface area contributed by atoms with E-state index in [0.717, 1.165) is 24.1 Å². The highest BCUT2D eigenvalue weighted by Gasteiger charge is 2.25. The Morgan fingerprint density at radius 2 is 1.97 bits per heavy atom. The Morgan fingerprint density at radius 3 is 2.70 bits per heavy atom. The van der Waals surface area contributed by atoms with E-state index in [1.165, 1.54) is 22.9 Å². The largest absolute Gasteiger partial charge is 0.322 e. The summed E-state index contributed by atoms with van der Waals surface area (Å²) in [5.41, 5.74) is 2.95. The molecular weight excluding hydrogens is 443 g/mol. The molecule has 1 amide bonds. The van der Waals surface area contributed by atoms with Crippen molar-refractivity contribution in [2.24, 2.45) is 0 Å². The number of aromatic nitrogens is 3. The first-order valence-electron chi connectivity index (χ1n) is 10.6. The average Bonchev–Trinajstić information content (AvgIpc) is 3.62. The number of nitrogens with one attached hydrogen (secondary N) is 1. The van der Waals surface area contributed by atoms with Crippen molar-refractivity contribution in [3.8, 4) is 5.69 Å². The molecule has 1 saturated carbocycles. The SMILES string of the molecule is Cc1cc2c(nc1C)c(=O)c(C(=O)Nc1ccnc(C3CC3)c1)cn2-c1ccc(Cl)cc1F. The maximum Gasteiger partial charge on any atom is 0.261 e. The van der Waals surface area contributed by atoms with Crippen LogP contribution in [0.4, 0.5) is 10.1 Å². The number of amides is 1. The molecule has 0 saturated heterocycles. The van der Waals surface area contributed by atoms with Gasteiger partial charge in [-0.3, -0.25) is 14.6 Å². The monoisotopic (exact) mass is 462 g/mol. The fourth-order valence-electron chi connectivity index (χ4n) is 3.79. The number of halogens is 2. The van der Waals surface area contributed by atoms with Crippen molar-refractivity contribution in [2.45, 2.75) is 32.6 Å². The van der Waals surface area contributed by atoms with Crippen LogP contribution in [0.25, 0.3) is 16.7 Å². The zero-order valence-electron chi connectivity index (χ0n) is 18.0. The van der Waals surface area contributed by atoms with E-state index in [1.54, 1.807) is 31.3 Å². The number of aryl methyl sites for hydroxylation is 2. The van der Waals surface area contributed by atoms with Gasteiger partial charge in [-0.05, 0) is 68.7 Å². The second-order valence-electron chi connectivity index (χ2n) is 8.29. The number of fused-ring (bicyclic) bond motifs is 1. The van der Waals surface area contributed by atoms with Gasteiger partial charge >= 0.3 is 0 Å². The van der Waals surface area contributed by atoms with Crippen molar-refractivity contribution in [2.75, 3.05) is 5.32 Å². The number of hydrogen-bond donors (Lipinski definition) is 1. The Labute approximate surface area is 194 Å². The van der Waals surface area contributed by atoms with Crippen molar-refractivity contribution >= 4 is 34.2 Å². The predicted octanol–water partition coefficient (Wildman–Crippen LogP) is 5.32. The third kappa shape index (κ3) is 4.00. The van der Waals surface area contributed by atoms with Crippen molar-refractivity contribution in [1.82, 2.24) is 14.5 Å². The molecule has 6 nitrogen and oxygen atoms in total. The van der Waals surface area contributed by atoms with Gasteiger partial charge in [-0.15, -0.1) is 0 Å². The molecule has 1 N–H and O–H groups in total. The van der Waals surface area contributed by atoms with Gasteiger partial charge < -0.3 is 9.88 Å². The highest BCUT2D eigenvalue weighted by atomic mass is 35.5. The van der Waals surface area contributed by atoms with Gasteiger partial charge in [0.15, 0.2) is 0 Å². The van der Waals surface area contributed by atoms with Crippen LogP contribution in [-0.2, 0) is 0 Å². The number of hydrogen-bond acceptors (Lipinski definition) is 4. The van der Waals surface area contributed by atoms with Crippen molar-refractivity contribution in [3.05, 3.63) is 92.4 Å². The Hall–Kier alpha value is -3.58. The summed E-state index contributed by atoms with van der Waals surface area (Å²) < 4.78 is 16.3. The minimum atomic E-state index is -0.599. The third-order valence-electron chi connectivity index (χ3n) is 5.87. The highest BCUT2D eigenvalue weighted by Crippen LogP contribution is 2.39. The molecule has 0 spiro atoms. The van der Waals surface area contributed by atoms with Gasteiger partial charge in [0.2, 0.25) is 5.43 Å². The van der Waals surface area contributed by atoms with Gasteiger partial charge in [0.25, 0.3) is 5.91 Å². The van der Waals surface area contributed by atoms with Gasteiger partial charge in [0, 0.05) is 40.4 Å². The van der Waals surface area contributed by atoms with Gasteiger partial charge in [0.1, 0.15) is 16.9 Å². The maximum absolute atomic E-state index is 14.8. The molecule has 0 aliphatic heterocycles. The number of carbonyl (C=O) groups excluding carboxylic acids is 1. The van der Waals surface area contributed by atoms with E-state index in [2.05, 4.69) is 15.3 Å². The quantitative estimate of drug-likeness (QED) is 0.445. The van der Waals surface area contributed by atoms with Crippen LogP contribution in [0.3, 0.4) is 0 Å². The Morgan fingerprint density at radius 1 is 1.18 bits per heavy atom. The van der Waals surface area contributed by atoms with Crippen LogP contribution >= 0.6 is 11.6 Å². The Kier molecular flexibility index (Phi) is 5.21. The van der Waals surface area contributed by atoms with E-state index in [9.17, 15) is 14.0 Å². The number of carbonyl (C=O) groups is 1. The molecule has 1 fully saturated rings. The van der Waals surface area contributed by atoms with E-state index in [0.29, 0.717) is 22.8 Å². The molecular formula is C25H20ClFN4O2. The molecule has 1 aliphatic carbocycles. The highest BCUT2D eigenvalue weighted by molar-refractivity contribution is 6.30. The fraction of sp³-hybridized carbons (Fsp3) is 0.200. The molecule has 0 atom stereocenters. The molecule has 3 heterocycles. The maximum atomic E-state index is 14.8. The first-order chi connectivity index (χ1) is 15.8. The minimum absolute atomic E-state index is 0.0912. The Bertz CT molecular complexity index is 1490. The van der Waals surface area contributed by atoms with Crippen LogP contribution in [-0.4, -0.2) is 20.4 Å². The van der Waals surface area contributed by atoms with Crippen molar-refractivity contribution < 1.29 is 9.18 Å². The summed E-state index contributed by atoms with van der Waals surface area (Å²) in [6.45, 7) is 3.64. The number of anilines is 1. The summed E-state index contributed by atoms with van der Waals surface area (Å²) in [6, 6.07) is 9.50. The van der Waals surface area contributed by atoms with Gasteiger partial charge in [-0.2, -0.15) is 0 Å². The smallest absolute Gasteiger partial charge is 0.261 e. The van der Waals surface area contributed by atoms with Crippen LogP contribution in [0, 0.1) is 19.7 Å². The lowest BCUT2D eigenvalue weighted by molar-refractivity contribution is 0.102. The van der Waals surface area contributed by atoms with E-state index in [-0.39, 0.29) is 21.8 Å². The lowest BCUT2D eigenvalue weighted by atomic mass is 10.1. The topological polar surface area (TPSA) is 76.9 Å². The van der Waals surface area contributed by atoms with Gasteiger partial charge in [-0.1, -0.05) is 11.6 Å². The van der Waals surface area contributed by atoms with Crippen LogP contribution in [0.1, 0.15) is 46.1 Å². The number of pyridine rings is 3. The summed E-state index contributed by atoms with van der Waals surface area (Å²) in [4.78, 5) is 35.2. The second kappa shape index (κ2) is 8.08. The van der Waals surface area contributed by atoms with Crippen molar-refractivity contribution in [1.29, 1.82) is 0 Å². The molecule has 166 valence electrons. The summed E-state index contributed by atoms with van der Waals surface area (Å²) in [7, 11) is 0. The third-order valence-corrected chi connectivity index (χ3v) is 6.11. The molecule has 0 unspecified atom stereocenters. The molecule has 8 heteroatoms. The van der Waals surface area contributed by atoms with Crippen LogP contribution < -0.4 is 10.7 Å². The zero-order chi connectivity index (χ0) is 23.3. The van der Waals surface area contributed by atoms with Crippen LogP contribution in [0.2, 0.25) is 5.02 Å². The zero-order valence-corrected chi connectivity index (χ0v) is 18.8. The van der Waals surface area contributed by atoms with Crippen LogP contribution in [0.15, 0.2) is 53.6 Å². The van der Waals surface area contributed by atoms with E-state index in [1.807, 2.05) is 13.0 Å². The molecule has 33 heavy (non-hydrogen) atoms. The lowest BCUT2D eigenvalue weighted by Gasteiger charge is -2.15. The molecule has 4 aromatic rings. The summed E-state index contributed by atoms with van der Waals surface area (Å²) in [5.74, 6) is -0.763. The van der Waals surface area contributed by atoms with E-state index in [4.69, 9.17) is 11.6 Å². The molecule has 3 aromatic heterocycles. The molecule has 5 rings (SSSR count). The predicted molar refractivity (Wildman–Crippen MR) is 126 cm³/mol. The number of nitrogens with zero attached hydrogens (tertiary/aromatic N) is 3. The molecule has 0 radical (unpaired) electrons. The second-order valence-corrected chi connectivity index (χ2v) is 8.73. The molecule has 0 bridgehead atoms. The van der Waals surface area contributed by atoms with E-state index >= 15 is 0 Å². The summed E-state index contributed by atoms with van der Waals surface area (Å²) in [6.07, 6.45) is 5.15. The van der Waals surface area contributed by atoms with Gasteiger partial charge in [0.05, 0.1) is 11.2 Å². The Balaban J connectivity index is 1.66. The summed E-state index contributed by atoms with van der Waals surface area (Å²) in [5, 5.41) is 3.02. The standard InChI is InChI=1S/C25H20ClFN4O2/c1-13-9-22-23(29-14(13)2)24(32)18(12-31(22)21-6-5-16(26)10-19(21)27)25(33)30-17-7-8-28-20(11-17)15-3-4-15/h5-12,15H,3-4H2,1-2H3,(H,28,30,33). The van der Waals surface area contributed by atoms with Crippen molar-refractivity contribution in [3.63, 3.8) is 0 Å². The molecule has 1 aliphatic rings. The normalized spacial score (nSPS) is 13.3. The first kappa shape index (κ1) is 21.3. The first-order valence-corrected chi connectivity index (χ1v) is 11.0. The number of rotatable bonds is 4. The van der Waals surface area contributed by atoms with E-state index < -0.39 is 17.2 Å².